The smallest absolute Gasteiger partial charge is 0.333 e. The highest BCUT2D eigenvalue weighted by Gasteiger charge is 2.49. The first-order valence-corrected chi connectivity index (χ1v) is 8.27. The Balaban J connectivity index is 2.90. The van der Waals surface area contributed by atoms with E-state index in [0.717, 1.165) is 6.92 Å². The number of carbonyl (C=O) groups excluding carboxylic acids is 3. The van der Waals surface area contributed by atoms with Crippen molar-refractivity contribution in [2.24, 2.45) is 5.92 Å². The summed E-state index contributed by atoms with van der Waals surface area (Å²) < 4.78 is 20.5. The Hall–Kier alpha value is -1.97. The molecule has 1 rings (SSSR count). The molecular formula is C17H26O9. The molecule has 1 saturated heterocycles. The summed E-state index contributed by atoms with van der Waals surface area (Å²) in [6, 6.07) is 0. The summed E-state index contributed by atoms with van der Waals surface area (Å²) in [5.74, 6) is -2.50. The van der Waals surface area contributed by atoms with E-state index in [4.69, 9.17) is 18.9 Å². The predicted molar refractivity (Wildman–Crippen MR) is 87.5 cm³/mol. The van der Waals surface area contributed by atoms with Gasteiger partial charge >= 0.3 is 17.9 Å². The quantitative estimate of drug-likeness (QED) is 0.377. The van der Waals surface area contributed by atoms with Gasteiger partial charge < -0.3 is 29.2 Å². The van der Waals surface area contributed by atoms with Crippen LogP contribution in [0.25, 0.3) is 0 Å². The fourth-order valence-electron chi connectivity index (χ4n) is 2.10. The molecule has 148 valence electrons. The van der Waals surface area contributed by atoms with Gasteiger partial charge in [0.25, 0.3) is 0 Å². The Morgan fingerprint density at radius 2 is 1.73 bits per heavy atom. The summed E-state index contributed by atoms with van der Waals surface area (Å²) in [4.78, 5) is 34.8. The molecule has 9 nitrogen and oxygen atoms in total. The Morgan fingerprint density at radius 3 is 2.23 bits per heavy atom. The number of esters is 3. The van der Waals surface area contributed by atoms with E-state index in [-0.39, 0.29) is 6.61 Å². The van der Waals surface area contributed by atoms with E-state index in [1.807, 2.05) is 0 Å². The largest absolute Gasteiger partial charge is 0.459 e. The predicted octanol–water partition coefficient (Wildman–Crippen LogP) is 0.0734. The second-order valence-corrected chi connectivity index (χ2v) is 6.26. The molecule has 0 saturated carbocycles. The number of carbonyl (C=O) groups is 3. The first kappa shape index (κ1) is 22.1. The molecule has 0 radical (unpaired) electrons. The lowest BCUT2D eigenvalue weighted by atomic mass is 9.99. The minimum absolute atomic E-state index is 0.358. The zero-order chi connectivity index (χ0) is 20.0. The molecule has 1 fully saturated rings. The fourth-order valence-corrected chi connectivity index (χ4v) is 2.10. The van der Waals surface area contributed by atoms with Crippen molar-refractivity contribution in [1.29, 1.82) is 0 Å². The molecule has 0 aliphatic carbocycles. The number of hydrogen-bond acceptors (Lipinski definition) is 9. The van der Waals surface area contributed by atoms with Gasteiger partial charge in [-0.3, -0.25) is 9.59 Å². The van der Waals surface area contributed by atoms with Crippen LogP contribution in [0.5, 0.6) is 0 Å². The molecule has 5 atom stereocenters. The van der Waals surface area contributed by atoms with Crippen LogP contribution in [0, 0.1) is 5.92 Å². The maximum atomic E-state index is 11.9. The third-order valence-electron chi connectivity index (χ3n) is 3.78. The number of rotatable bonds is 6. The van der Waals surface area contributed by atoms with Crippen LogP contribution in [0.1, 0.15) is 34.6 Å². The summed E-state index contributed by atoms with van der Waals surface area (Å²) in [5, 5.41) is 20.4. The first-order valence-electron chi connectivity index (χ1n) is 8.27. The Kier molecular flexibility index (Phi) is 8.19. The van der Waals surface area contributed by atoms with E-state index in [1.54, 1.807) is 33.8 Å². The van der Waals surface area contributed by atoms with Crippen molar-refractivity contribution in [3.63, 3.8) is 0 Å². The fraction of sp³-hybridized carbons (Fsp3) is 0.706. The van der Waals surface area contributed by atoms with Crippen molar-refractivity contribution in [1.82, 2.24) is 0 Å². The minimum atomic E-state index is -1.59. The van der Waals surface area contributed by atoms with Crippen LogP contribution >= 0.6 is 0 Å². The highest BCUT2D eigenvalue weighted by molar-refractivity contribution is 5.87. The monoisotopic (exact) mass is 374 g/mol. The van der Waals surface area contributed by atoms with Gasteiger partial charge in [-0.2, -0.15) is 0 Å². The number of hydrogen-bond donors (Lipinski definition) is 2. The van der Waals surface area contributed by atoms with Crippen molar-refractivity contribution in [3.8, 4) is 0 Å². The normalized spacial score (nSPS) is 29.2. The second kappa shape index (κ2) is 9.65. The molecule has 1 aliphatic rings. The first-order chi connectivity index (χ1) is 12.1. The lowest BCUT2D eigenvalue weighted by molar-refractivity contribution is -0.297. The minimum Gasteiger partial charge on any atom is -0.459 e. The maximum Gasteiger partial charge on any atom is 0.333 e. The standard InChI is InChI=1S/C17H26O9/c1-6-9(4)16(22)23-7-11-12(19)13(20)14(24-10(5)18)17(25-11)26-15(21)8(2)3/h6,8,11-14,17,19-20H,7H2,1-5H3. The van der Waals surface area contributed by atoms with Gasteiger partial charge in [0.05, 0.1) is 5.92 Å². The number of aliphatic hydroxyl groups is 2. The van der Waals surface area contributed by atoms with Crippen molar-refractivity contribution in [2.75, 3.05) is 6.61 Å². The number of allylic oxidation sites excluding steroid dienone is 1. The summed E-state index contributed by atoms with van der Waals surface area (Å²) in [5.41, 5.74) is 0.358. The van der Waals surface area contributed by atoms with E-state index in [2.05, 4.69) is 0 Å². The Bertz CT molecular complexity index is 554. The molecule has 1 heterocycles. The van der Waals surface area contributed by atoms with Crippen LogP contribution in [0.3, 0.4) is 0 Å². The van der Waals surface area contributed by atoms with E-state index in [1.165, 1.54) is 0 Å². The molecule has 26 heavy (non-hydrogen) atoms. The van der Waals surface area contributed by atoms with E-state index in [0.29, 0.717) is 5.57 Å². The van der Waals surface area contributed by atoms with Crippen molar-refractivity contribution < 1.29 is 43.5 Å². The molecule has 9 heteroatoms. The van der Waals surface area contributed by atoms with E-state index < -0.39 is 54.5 Å². The van der Waals surface area contributed by atoms with Gasteiger partial charge in [-0.1, -0.05) is 19.9 Å². The molecule has 0 bridgehead atoms. The van der Waals surface area contributed by atoms with Gasteiger partial charge in [0.15, 0.2) is 6.10 Å². The summed E-state index contributed by atoms with van der Waals surface area (Å²) in [6.07, 6.45) is -5.58. The number of ether oxygens (including phenoxy) is 4. The molecule has 0 aromatic carbocycles. The summed E-state index contributed by atoms with van der Waals surface area (Å²) in [6.45, 7) is 7.13. The number of aliphatic hydroxyl groups excluding tert-OH is 2. The van der Waals surface area contributed by atoms with Gasteiger partial charge in [0.1, 0.15) is 24.9 Å². The summed E-state index contributed by atoms with van der Waals surface area (Å²) in [7, 11) is 0. The van der Waals surface area contributed by atoms with Crippen LogP contribution in [-0.4, -0.2) is 65.4 Å². The molecule has 2 N–H and O–H groups in total. The van der Waals surface area contributed by atoms with Crippen LogP contribution in [0.15, 0.2) is 11.6 Å². The topological polar surface area (TPSA) is 129 Å². The van der Waals surface area contributed by atoms with Crippen LogP contribution in [0.2, 0.25) is 0 Å². The van der Waals surface area contributed by atoms with Gasteiger partial charge in [-0.25, -0.2) is 4.79 Å². The van der Waals surface area contributed by atoms with Crippen LogP contribution < -0.4 is 0 Å². The highest BCUT2D eigenvalue weighted by Crippen LogP contribution is 2.26. The summed E-state index contributed by atoms with van der Waals surface area (Å²) >= 11 is 0. The molecule has 0 aromatic heterocycles. The molecule has 1 aliphatic heterocycles. The van der Waals surface area contributed by atoms with Crippen molar-refractivity contribution in [3.05, 3.63) is 11.6 Å². The lowest BCUT2D eigenvalue weighted by Crippen LogP contribution is -2.61. The molecule has 0 spiro atoms. The van der Waals surface area contributed by atoms with E-state index >= 15 is 0 Å². The zero-order valence-corrected chi connectivity index (χ0v) is 15.5. The Labute approximate surface area is 151 Å². The molecule has 5 unspecified atom stereocenters. The zero-order valence-electron chi connectivity index (χ0n) is 15.5. The average Bonchev–Trinajstić information content (AvgIpc) is 2.58. The lowest BCUT2D eigenvalue weighted by Gasteiger charge is -2.41. The van der Waals surface area contributed by atoms with Gasteiger partial charge in [0.2, 0.25) is 6.29 Å². The van der Waals surface area contributed by atoms with Gasteiger partial charge in [-0.05, 0) is 13.8 Å². The molecule has 0 aromatic rings. The third-order valence-corrected chi connectivity index (χ3v) is 3.78. The van der Waals surface area contributed by atoms with Crippen molar-refractivity contribution in [2.45, 2.75) is 65.3 Å². The SMILES string of the molecule is CC=C(C)C(=O)OCC1OC(OC(=O)C(C)C)C(OC(C)=O)C(O)C1O. The van der Waals surface area contributed by atoms with Gasteiger partial charge in [0, 0.05) is 12.5 Å². The molecule has 0 amide bonds. The Morgan fingerprint density at radius 1 is 1.12 bits per heavy atom. The average molecular weight is 374 g/mol. The maximum absolute atomic E-state index is 11.9. The van der Waals surface area contributed by atoms with Crippen molar-refractivity contribution >= 4 is 17.9 Å². The van der Waals surface area contributed by atoms with Gasteiger partial charge in [-0.15, -0.1) is 0 Å². The van der Waals surface area contributed by atoms with Crippen LogP contribution in [0.4, 0.5) is 0 Å². The van der Waals surface area contributed by atoms with E-state index in [9.17, 15) is 24.6 Å². The highest BCUT2D eigenvalue weighted by atomic mass is 16.7. The van der Waals surface area contributed by atoms with Crippen LogP contribution in [-0.2, 0) is 33.3 Å². The molecular weight excluding hydrogens is 348 g/mol. The second-order valence-electron chi connectivity index (χ2n) is 6.26. The third kappa shape index (κ3) is 5.79.